The third-order valence-electron chi connectivity index (χ3n) is 1.99. The van der Waals surface area contributed by atoms with E-state index in [2.05, 4.69) is 43.1 Å². The van der Waals surface area contributed by atoms with Crippen molar-refractivity contribution in [3.63, 3.8) is 0 Å². The predicted octanol–water partition coefficient (Wildman–Crippen LogP) is 3.81. The van der Waals surface area contributed by atoms with Gasteiger partial charge in [0.15, 0.2) is 0 Å². The molecule has 0 aliphatic carbocycles. The first-order valence-electron chi connectivity index (χ1n) is 4.68. The van der Waals surface area contributed by atoms with E-state index < -0.39 is 0 Å². The molecule has 0 amide bonds. The Bertz CT molecular complexity index is 312. The third kappa shape index (κ3) is 5.87. The summed E-state index contributed by atoms with van der Waals surface area (Å²) in [4.78, 5) is 3.78. The summed E-state index contributed by atoms with van der Waals surface area (Å²) in [6.45, 7) is 4.24. The van der Waals surface area contributed by atoms with Gasteiger partial charge in [-0.05, 0) is 37.1 Å². The molecule has 0 aliphatic rings. The largest absolute Gasteiger partial charge is 0.265 e. The number of aromatic nitrogens is 1. The van der Waals surface area contributed by atoms with E-state index in [0.717, 1.165) is 0 Å². The van der Waals surface area contributed by atoms with Crippen molar-refractivity contribution in [1.29, 1.82) is 0 Å². The van der Waals surface area contributed by atoms with Crippen molar-refractivity contribution in [3.05, 3.63) is 66.0 Å². The maximum atomic E-state index is 3.78. The molecule has 0 fully saturated rings. The molecule has 0 radical (unpaired) electrons. The van der Waals surface area contributed by atoms with Gasteiger partial charge in [0.2, 0.25) is 0 Å². The Balaban J connectivity index is 0.000000253. The van der Waals surface area contributed by atoms with Gasteiger partial charge in [0, 0.05) is 12.4 Å². The van der Waals surface area contributed by atoms with Crippen molar-refractivity contribution >= 4 is 12.4 Å². The van der Waals surface area contributed by atoms with Crippen LogP contribution in [0.4, 0.5) is 0 Å². The second kappa shape index (κ2) is 8.01. The zero-order chi connectivity index (χ0) is 10.2. The van der Waals surface area contributed by atoms with Gasteiger partial charge in [-0.25, -0.2) is 0 Å². The molecule has 80 valence electrons. The quantitative estimate of drug-likeness (QED) is 0.659. The van der Waals surface area contributed by atoms with E-state index in [1.54, 1.807) is 12.4 Å². The molecule has 0 bridgehead atoms. The Morgan fingerprint density at radius 3 is 1.40 bits per heavy atom. The van der Waals surface area contributed by atoms with E-state index in [9.17, 15) is 0 Å². The van der Waals surface area contributed by atoms with Crippen molar-refractivity contribution in [3.8, 4) is 0 Å². The molecule has 0 unspecified atom stereocenters. The molecule has 2 heteroatoms. The maximum absolute atomic E-state index is 3.78. The van der Waals surface area contributed by atoms with Crippen LogP contribution in [0.15, 0.2) is 54.9 Å². The topological polar surface area (TPSA) is 12.9 Å². The fourth-order valence-electron chi connectivity index (χ4n) is 0.975. The van der Waals surface area contributed by atoms with E-state index in [1.165, 1.54) is 11.1 Å². The molecule has 0 atom stereocenters. The molecule has 2 rings (SSSR count). The van der Waals surface area contributed by atoms with E-state index in [-0.39, 0.29) is 12.4 Å². The molecule has 15 heavy (non-hydrogen) atoms. The lowest BCUT2D eigenvalue weighted by molar-refractivity contribution is 1.33. The molecule has 1 aromatic carbocycles. The molecule has 1 heterocycles. The molecule has 0 aliphatic heterocycles. The fraction of sp³-hybridized carbons (Fsp3) is 0.154. The second-order valence-corrected chi connectivity index (χ2v) is 3.11. The van der Waals surface area contributed by atoms with Crippen molar-refractivity contribution < 1.29 is 0 Å². The van der Waals surface area contributed by atoms with Gasteiger partial charge in [0.05, 0.1) is 0 Å². The number of halogens is 1. The highest BCUT2D eigenvalue weighted by molar-refractivity contribution is 5.85. The molecular weight excluding hydrogens is 206 g/mol. The van der Waals surface area contributed by atoms with Crippen LogP contribution in [0.5, 0.6) is 0 Å². The second-order valence-electron chi connectivity index (χ2n) is 3.11. The molecule has 0 saturated carbocycles. The third-order valence-corrected chi connectivity index (χ3v) is 1.99. The zero-order valence-electron chi connectivity index (χ0n) is 9.05. The van der Waals surface area contributed by atoms with Crippen LogP contribution in [-0.4, -0.2) is 4.98 Å². The van der Waals surface area contributed by atoms with E-state index in [1.807, 2.05) is 18.2 Å². The van der Waals surface area contributed by atoms with Gasteiger partial charge in [-0.1, -0.05) is 30.3 Å². The Morgan fingerprint density at radius 2 is 1.20 bits per heavy atom. The number of rotatable bonds is 0. The molecule has 2 aromatic rings. The van der Waals surface area contributed by atoms with E-state index in [4.69, 9.17) is 0 Å². The number of benzene rings is 1. The summed E-state index contributed by atoms with van der Waals surface area (Å²) < 4.78 is 0. The molecule has 0 saturated heterocycles. The van der Waals surface area contributed by atoms with Crippen molar-refractivity contribution in [2.75, 3.05) is 0 Å². The minimum absolute atomic E-state index is 0. The Hall–Kier alpha value is -1.34. The van der Waals surface area contributed by atoms with Gasteiger partial charge < -0.3 is 0 Å². The Morgan fingerprint density at radius 1 is 0.733 bits per heavy atom. The highest BCUT2D eigenvalue weighted by Gasteiger charge is 1.83. The maximum Gasteiger partial charge on any atom is 0.0267 e. The number of aryl methyl sites for hydroxylation is 2. The summed E-state index contributed by atoms with van der Waals surface area (Å²) in [6, 6.07) is 14.1. The summed E-state index contributed by atoms with van der Waals surface area (Å²) in [7, 11) is 0. The number of nitrogens with zero attached hydrogens (tertiary/aromatic N) is 1. The SMILES string of the molecule is Cc1ccccc1C.Cl.c1ccncc1. The van der Waals surface area contributed by atoms with Crippen LogP contribution in [0, 0.1) is 13.8 Å². The van der Waals surface area contributed by atoms with Crippen LogP contribution in [0.1, 0.15) is 11.1 Å². The average Bonchev–Trinajstić information content (AvgIpc) is 2.26. The lowest BCUT2D eigenvalue weighted by Gasteiger charge is -1.93. The van der Waals surface area contributed by atoms with Gasteiger partial charge in [-0.15, -0.1) is 12.4 Å². The van der Waals surface area contributed by atoms with Crippen LogP contribution in [0.25, 0.3) is 0 Å². The number of pyridine rings is 1. The first-order chi connectivity index (χ1) is 6.80. The van der Waals surface area contributed by atoms with Gasteiger partial charge in [0.25, 0.3) is 0 Å². The minimum atomic E-state index is 0. The monoisotopic (exact) mass is 221 g/mol. The number of hydrogen-bond acceptors (Lipinski definition) is 1. The highest BCUT2D eigenvalue weighted by atomic mass is 35.5. The Labute approximate surface area is 97.6 Å². The van der Waals surface area contributed by atoms with Crippen LogP contribution in [0.3, 0.4) is 0 Å². The van der Waals surface area contributed by atoms with Crippen LogP contribution in [0.2, 0.25) is 0 Å². The summed E-state index contributed by atoms with van der Waals surface area (Å²) in [5.41, 5.74) is 2.74. The molecule has 0 N–H and O–H groups in total. The van der Waals surface area contributed by atoms with Gasteiger partial charge >= 0.3 is 0 Å². The summed E-state index contributed by atoms with van der Waals surface area (Å²) >= 11 is 0. The summed E-state index contributed by atoms with van der Waals surface area (Å²) in [6.07, 6.45) is 3.50. The lowest BCUT2D eigenvalue weighted by atomic mass is 10.1. The minimum Gasteiger partial charge on any atom is -0.265 e. The highest BCUT2D eigenvalue weighted by Crippen LogP contribution is 2.02. The summed E-state index contributed by atoms with van der Waals surface area (Å²) in [5, 5.41) is 0. The zero-order valence-corrected chi connectivity index (χ0v) is 9.87. The molecular formula is C13H16ClN. The van der Waals surface area contributed by atoms with Crippen LogP contribution >= 0.6 is 12.4 Å². The van der Waals surface area contributed by atoms with Gasteiger partial charge in [-0.3, -0.25) is 4.98 Å². The van der Waals surface area contributed by atoms with Crippen molar-refractivity contribution in [1.82, 2.24) is 4.98 Å². The molecule has 1 aromatic heterocycles. The van der Waals surface area contributed by atoms with E-state index in [0.29, 0.717) is 0 Å². The predicted molar refractivity (Wildman–Crippen MR) is 67.4 cm³/mol. The first-order valence-corrected chi connectivity index (χ1v) is 4.68. The van der Waals surface area contributed by atoms with Crippen LogP contribution in [-0.2, 0) is 0 Å². The van der Waals surface area contributed by atoms with Crippen LogP contribution < -0.4 is 0 Å². The fourth-order valence-corrected chi connectivity index (χ4v) is 0.975. The Kier molecular flexibility index (Phi) is 7.29. The normalized spacial score (nSPS) is 8.13. The van der Waals surface area contributed by atoms with E-state index >= 15 is 0 Å². The van der Waals surface area contributed by atoms with Gasteiger partial charge in [-0.2, -0.15) is 0 Å². The first kappa shape index (κ1) is 13.7. The molecule has 1 nitrogen and oxygen atoms in total. The average molecular weight is 222 g/mol. The number of hydrogen-bond donors (Lipinski definition) is 0. The standard InChI is InChI=1S/C8H10.C5H5N.ClH/c1-7-5-3-4-6-8(7)2;1-2-4-6-5-3-1;/h3-6H,1-2H3;1-5H;1H. The van der Waals surface area contributed by atoms with Crippen molar-refractivity contribution in [2.45, 2.75) is 13.8 Å². The van der Waals surface area contributed by atoms with Gasteiger partial charge in [0.1, 0.15) is 0 Å². The van der Waals surface area contributed by atoms with Crippen molar-refractivity contribution in [2.24, 2.45) is 0 Å². The molecule has 0 spiro atoms. The lowest BCUT2D eigenvalue weighted by Crippen LogP contribution is -1.74. The summed E-state index contributed by atoms with van der Waals surface area (Å²) in [5.74, 6) is 0. The smallest absolute Gasteiger partial charge is 0.0267 e.